The Bertz CT molecular complexity index is 584. The Labute approximate surface area is 126 Å². The molecule has 1 atom stereocenters. The van der Waals surface area contributed by atoms with Crippen molar-refractivity contribution in [1.82, 2.24) is 0 Å². The highest BCUT2D eigenvalue weighted by Gasteiger charge is 2.31. The van der Waals surface area contributed by atoms with Crippen LogP contribution in [0, 0.1) is 5.82 Å². The van der Waals surface area contributed by atoms with Crippen molar-refractivity contribution in [1.29, 1.82) is 0 Å². The summed E-state index contributed by atoms with van der Waals surface area (Å²) in [7, 11) is 0. The van der Waals surface area contributed by atoms with Crippen molar-refractivity contribution in [2.24, 2.45) is 5.73 Å². The SMILES string of the molecule is NCC(CO)(Cc1ccccc1Br)c1cccc(F)c1. The average Bonchev–Trinajstić information content (AvgIpc) is 2.47. The van der Waals surface area contributed by atoms with Crippen molar-refractivity contribution in [3.8, 4) is 0 Å². The van der Waals surface area contributed by atoms with E-state index < -0.39 is 5.41 Å². The zero-order valence-corrected chi connectivity index (χ0v) is 12.6. The first-order valence-corrected chi connectivity index (χ1v) is 7.21. The molecule has 1 unspecified atom stereocenters. The second-order valence-electron chi connectivity index (χ2n) is 4.92. The van der Waals surface area contributed by atoms with Gasteiger partial charge in [-0.25, -0.2) is 4.39 Å². The largest absolute Gasteiger partial charge is 0.395 e. The Morgan fingerprint density at radius 3 is 2.50 bits per heavy atom. The molecular weight excluding hydrogens is 321 g/mol. The molecule has 0 aliphatic heterocycles. The summed E-state index contributed by atoms with van der Waals surface area (Å²) in [5, 5.41) is 9.86. The Kier molecular flexibility index (Phi) is 4.91. The molecule has 2 aromatic carbocycles. The molecule has 0 bridgehead atoms. The summed E-state index contributed by atoms with van der Waals surface area (Å²) < 4.78 is 14.4. The Balaban J connectivity index is 2.42. The van der Waals surface area contributed by atoms with Crippen LogP contribution in [0.4, 0.5) is 4.39 Å². The summed E-state index contributed by atoms with van der Waals surface area (Å²) in [5.74, 6) is -0.319. The minimum atomic E-state index is -0.675. The van der Waals surface area contributed by atoms with Crippen molar-refractivity contribution < 1.29 is 9.50 Å². The summed E-state index contributed by atoms with van der Waals surface area (Å²) in [5.41, 5.74) is 6.98. The van der Waals surface area contributed by atoms with Gasteiger partial charge < -0.3 is 10.8 Å². The third-order valence-electron chi connectivity index (χ3n) is 3.62. The molecule has 0 aliphatic rings. The van der Waals surface area contributed by atoms with E-state index in [1.807, 2.05) is 30.3 Å². The number of aliphatic hydroxyl groups is 1. The van der Waals surface area contributed by atoms with Gasteiger partial charge in [0.25, 0.3) is 0 Å². The predicted octanol–water partition coefficient (Wildman–Crippen LogP) is 3.02. The fourth-order valence-electron chi connectivity index (χ4n) is 2.33. The summed E-state index contributed by atoms with van der Waals surface area (Å²) in [6.45, 7) is 0.114. The molecule has 0 aliphatic carbocycles. The lowest BCUT2D eigenvalue weighted by Gasteiger charge is -2.31. The molecule has 3 N–H and O–H groups in total. The lowest BCUT2D eigenvalue weighted by molar-refractivity contribution is 0.195. The molecule has 0 saturated heterocycles. The predicted molar refractivity (Wildman–Crippen MR) is 82.1 cm³/mol. The van der Waals surface area contributed by atoms with E-state index in [0.29, 0.717) is 6.42 Å². The van der Waals surface area contributed by atoms with Crippen molar-refractivity contribution in [3.05, 3.63) is 69.9 Å². The van der Waals surface area contributed by atoms with Crippen molar-refractivity contribution in [2.45, 2.75) is 11.8 Å². The fraction of sp³-hybridized carbons (Fsp3) is 0.250. The highest BCUT2D eigenvalue weighted by Crippen LogP contribution is 2.30. The fourth-order valence-corrected chi connectivity index (χ4v) is 2.75. The lowest BCUT2D eigenvalue weighted by Crippen LogP contribution is -2.41. The van der Waals surface area contributed by atoms with Crippen LogP contribution in [0.25, 0.3) is 0 Å². The second kappa shape index (κ2) is 6.48. The Morgan fingerprint density at radius 1 is 1.15 bits per heavy atom. The van der Waals surface area contributed by atoms with E-state index in [1.165, 1.54) is 12.1 Å². The van der Waals surface area contributed by atoms with Crippen LogP contribution in [0.2, 0.25) is 0 Å². The van der Waals surface area contributed by atoms with E-state index in [9.17, 15) is 9.50 Å². The standard InChI is InChI=1S/C16H17BrFNO/c17-15-7-2-1-4-12(15)9-16(10-19,11-20)13-5-3-6-14(18)8-13/h1-8,20H,9-11,19H2. The number of aliphatic hydroxyl groups excluding tert-OH is 1. The van der Waals surface area contributed by atoms with E-state index in [2.05, 4.69) is 15.9 Å². The van der Waals surface area contributed by atoms with E-state index in [0.717, 1.165) is 15.6 Å². The minimum Gasteiger partial charge on any atom is -0.395 e. The van der Waals surface area contributed by atoms with Gasteiger partial charge in [-0.1, -0.05) is 46.3 Å². The Morgan fingerprint density at radius 2 is 1.90 bits per heavy atom. The van der Waals surface area contributed by atoms with E-state index in [-0.39, 0.29) is 19.0 Å². The van der Waals surface area contributed by atoms with Crippen molar-refractivity contribution in [2.75, 3.05) is 13.2 Å². The van der Waals surface area contributed by atoms with Gasteiger partial charge in [-0.15, -0.1) is 0 Å². The van der Waals surface area contributed by atoms with Crippen LogP contribution in [0.1, 0.15) is 11.1 Å². The molecule has 20 heavy (non-hydrogen) atoms. The normalized spacial score (nSPS) is 14.0. The number of hydrogen-bond donors (Lipinski definition) is 2. The van der Waals surface area contributed by atoms with E-state index >= 15 is 0 Å². The van der Waals surface area contributed by atoms with Crippen LogP contribution in [0.3, 0.4) is 0 Å². The summed E-state index contributed by atoms with van der Waals surface area (Å²) in [6.07, 6.45) is 0.547. The topological polar surface area (TPSA) is 46.2 Å². The first kappa shape index (κ1) is 15.2. The minimum absolute atomic E-state index is 0.131. The van der Waals surface area contributed by atoms with Crippen LogP contribution in [-0.2, 0) is 11.8 Å². The molecule has 0 heterocycles. The van der Waals surface area contributed by atoms with Gasteiger partial charge in [0.2, 0.25) is 0 Å². The quantitative estimate of drug-likeness (QED) is 0.880. The van der Waals surface area contributed by atoms with Crippen LogP contribution in [0.15, 0.2) is 53.0 Å². The highest BCUT2D eigenvalue weighted by atomic mass is 79.9. The van der Waals surface area contributed by atoms with Gasteiger partial charge in [0.1, 0.15) is 5.82 Å². The third-order valence-corrected chi connectivity index (χ3v) is 4.39. The van der Waals surface area contributed by atoms with Crippen LogP contribution in [-0.4, -0.2) is 18.3 Å². The van der Waals surface area contributed by atoms with Gasteiger partial charge in [-0.05, 0) is 35.7 Å². The summed E-state index contributed by atoms with van der Waals surface area (Å²) >= 11 is 3.50. The Hall–Kier alpha value is -1.23. The first-order valence-electron chi connectivity index (χ1n) is 6.42. The van der Waals surface area contributed by atoms with Crippen LogP contribution < -0.4 is 5.73 Å². The molecule has 0 amide bonds. The summed E-state index contributed by atoms with van der Waals surface area (Å²) in [4.78, 5) is 0. The number of nitrogens with two attached hydrogens (primary N) is 1. The monoisotopic (exact) mass is 337 g/mol. The maximum Gasteiger partial charge on any atom is 0.123 e. The van der Waals surface area contributed by atoms with E-state index in [1.54, 1.807) is 6.07 Å². The van der Waals surface area contributed by atoms with Gasteiger partial charge in [0.05, 0.1) is 6.61 Å². The van der Waals surface area contributed by atoms with Gasteiger partial charge in [0, 0.05) is 16.4 Å². The molecule has 2 rings (SSSR count). The third kappa shape index (κ3) is 3.08. The second-order valence-corrected chi connectivity index (χ2v) is 5.78. The molecule has 106 valence electrons. The van der Waals surface area contributed by atoms with Gasteiger partial charge in [0.15, 0.2) is 0 Å². The molecule has 0 radical (unpaired) electrons. The number of hydrogen-bond acceptors (Lipinski definition) is 2. The first-order chi connectivity index (χ1) is 9.61. The number of benzene rings is 2. The van der Waals surface area contributed by atoms with E-state index in [4.69, 9.17) is 5.73 Å². The van der Waals surface area contributed by atoms with Crippen molar-refractivity contribution in [3.63, 3.8) is 0 Å². The molecule has 2 nitrogen and oxygen atoms in total. The van der Waals surface area contributed by atoms with Crippen LogP contribution in [0.5, 0.6) is 0 Å². The van der Waals surface area contributed by atoms with Gasteiger partial charge in [-0.2, -0.15) is 0 Å². The zero-order valence-electron chi connectivity index (χ0n) is 11.0. The van der Waals surface area contributed by atoms with Gasteiger partial charge >= 0.3 is 0 Å². The van der Waals surface area contributed by atoms with Crippen molar-refractivity contribution >= 4 is 15.9 Å². The highest BCUT2D eigenvalue weighted by molar-refractivity contribution is 9.10. The molecule has 0 spiro atoms. The molecule has 0 fully saturated rings. The average molecular weight is 338 g/mol. The molecule has 2 aromatic rings. The molecule has 0 aromatic heterocycles. The molecular formula is C16H17BrFNO. The molecule has 0 saturated carbocycles. The molecule has 4 heteroatoms. The number of rotatable bonds is 5. The number of halogens is 2. The summed E-state index contributed by atoms with van der Waals surface area (Å²) in [6, 6.07) is 14.1. The smallest absolute Gasteiger partial charge is 0.123 e. The van der Waals surface area contributed by atoms with Crippen LogP contribution >= 0.6 is 15.9 Å². The maximum absolute atomic E-state index is 13.5. The van der Waals surface area contributed by atoms with Gasteiger partial charge in [-0.3, -0.25) is 0 Å². The zero-order chi connectivity index (χ0) is 14.6. The lowest BCUT2D eigenvalue weighted by atomic mass is 9.76. The maximum atomic E-state index is 13.5.